The average molecular weight is 408 g/mol. The van der Waals surface area contributed by atoms with Gasteiger partial charge in [-0.3, -0.25) is 14.2 Å². The molecule has 1 aliphatic rings. The topological polar surface area (TPSA) is 81.8 Å². The summed E-state index contributed by atoms with van der Waals surface area (Å²) in [6.07, 6.45) is 9.86. The lowest BCUT2D eigenvalue weighted by Crippen LogP contribution is -2.29. The van der Waals surface area contributed by atoms with Crippen LogP contribution in [0.4, 0.5) is 0 Å². The molecule has 1 amide bonds. The van der Waals surface area contributed by atoms with Gasteiger partial charge in [0.1, 0.15) is 11.7 Å². The highest BCUT2D eigenvalue weighted by molar-refractivity contribution is 5.76. The van der Waals surface area contributed by atoms with Crippen LogP contribution in [-0.4, -0.2) is 31.8 Å². The summed E-state index contributed by atoms with van der Waals surface area (Å²) in [5.74, 6) is 0.629. The van der Waals surface area contributed by atoms with Crippen molar-refractivity contribution in [3.8, 4) is 0 Å². The number of carbonyl (C=O) groups excluding carboxylic acids is 1. The number of amides is 1. The number of carbonyl (C=O) groups is 1. The van der Waals surface area contributed by atoms with Crippen LogP contribution in [0.25, 0.3) is 11.0 Å². The standard InChI is InChI=1S/C23H29N5O2/c1-17-7-9-19(10-8-17)15-27-16-25-22-20(23(27)30)14-26-28(22)12-11-24-21(29)13-18-5-3-2-4-6-18/h7-10,14,16,18H,2-6,11-13,15H2,1H3,(H,24,29). The van der Waals surface area contributed by atoms with E-state index in [1.807, 2.05) is 31.2 Å². The second kappa shape index (κ2) is 9.24. The molecule has 0 saturated heterocycles. The molecule has 3 aromatic rings. The van der Waals surface area contributed by atoms with Crippen molar-refractivity contribution in [1.29, 1.82) is 0 Å². The minimum Gasteiger partial charge on any atom is -0.354 e. The van der Waals surface area contributed by atoms with Crippen LogP contribution in [0.15, 0.2) is 41.6 Å². The fraction of sp³-hybridized carbons (Fsp3) is 0.478. The van der Waals surface area contributed by atoms with Gasteiger partial charge in [0, 0.05) is 13.0 Å². The van der Waals surface area contributed by atoms with Crippen molar-refractivity contribution in [2.45, 2.75) is 58.5 Å². The maximum absolute atomic E-state index is 12.8. The monoisotopic (exact) mass is 407 g/mol. The first-order valence-electron chi connectivity index (χ1n) is 10.8. The lowest BCUT2D eigenvalue weighted by Gasteiger charge is -2.20. The Balaban J connectivity index is 1.37. The summed E-state index contributed by atoms with van der Waals surface area (Å²) in [6, 6.07) is 8.11. The van der Waals surface area contributed by atoms with Crippen LogP contribution in [-0.2, 0) is 17.9 Å². The van der Waals surface area contributed by atoms with Crippen molar-refractivity contribution < 1.29 is 4.79 Å². The van der Waals surface area contributed by atoms with E-state index in [-0.39, 0.29) is 11.5 Å². The van der Waals surface area contributed by atoms with E-state index in [1.54, 1.807) is 21.8 Å². The third kappa shape index (κ3) is 4.78. The van der Waals surface area contributed by atoms with E-state index in [4.69, 9.17) is 0 Å². The zero-order valence-electron chi connectivity index (χ0n) is 17.5. The van der Waals surface area contributed by atoms with Crippen LogP contribution in [0.2, 0.25) is 0 Å². The SMILES string of the molecule is Cc1ccc(Cn2cnc3c(cnn3CCNC(=O)CC3CCCCC3)c2=O)cc1. The lowest BCUT2D eigenvalue weighted by molar-refractivity contribution is -0.122. The molecule has 0 atom stereocenters. The van der Waals surface area contributed by atoms with Gasteiger partial charge in [0.25, 0.3) is 5.56 Å². The Labute approximate surface area is 176 Å². The van der Waals surface area contributed by atoms with E-state index in [2.05, 4.69) is 15.4 Å². The molecule has 1 saturated carbocycles. The Morgan fingerprint density at radius 1 is 1.17 bits per heavy atom. The van der Waals surface area contributed by atoms with Crippen molar-refractivity contribution in [2.75, 3.05) is 6.54 Å². The summed E-state index contributed by atoms with van der Waals surface area (Å²) >= 11 is 0. The second-order valence-electron chi connectivity index (χ2n) is 8.33. The number of fused-ring (bicyclic) bond motifs is 1. The van der Waals surface area contributed by atoms with Gasteiger partial charge >= 0.3 is 0 Å². The van der Waals surface area contributed by atoms with Crippen LogP contribution < -0.4 is 10.9 Å². The van der Waals surface area contributed by atoms with Crippen LogP contribution in [0.3, 0.4) is 0 Å². The third-order valence-corrected chi connectivity index (χ3v) is 5.94. The van der Waals surface area contributed by atoms with Crippen molar-refractivity contribution in [1.82, 2.24) is 24.6 Å². The Morgan fingerprint density at radius 3 is 2.70 bits per heavy atom. The van der Waals surface area contributed by atoms with E-state index >= 15 is 0 Å². The number of rotatable bonds is 7. The zero-order chi connectivity index (χ0) is 20.9. The van der Waals surface area contributed by atoms with Gasteiger partial charge in [-0.15, -0.1) is 0 Å². The minimum atomic E-state index is -0.104. The maximum Gasteiger partial charge on any atom is 0.264 e. The zero-order valence-corrected chi connectivity index (χ0v) is 17.5. The van der Waals surface area contributed by atoms with E-state index in [0.29, 0.717) is 43.0 Å². The van der Waals surface area contributed by atoms with Gasteiger partial charge in [-0.25, -0.2) is 9.67 Å². The molecule has 1 fully saturated rings. The highest BCUT2D eigenvalue weighted by Gasteiger charge is 2.17. The number of benzene rings is 1. The van der Waals surface area contributed by atoms with Crippen molar-refractivity contribution in [3.05, 3.63) is 58.3 Å². The average Bonchev–Trinajstić information content (AvgIpc) is 3.16. The molecule has 2 heterocycles. The molecular formula is C23H29N5O2. The van der Waals surface area contributed by atoms with Crippen LogP contribution >= 0.6 is 0 Å². The van der Waals surface area contributed by atoms with E-state index in [9.17, 15) is 9.59 Å². The number of aryl methyl sites for hydroxylation is 1. The molecule has 0 bridgehead atoms. The molecule has 7 heteroatoms. The molecule has 0 radical (unpaired) electrons. The summed E-state index contributed by atoms with van der Waals surface area (Å²) in [5.41, 5.74) is 2.69. The van der Waals surface area contributed by atoms with Crippen LogP contribution in [0.1, 0.15) is 49.7 Å². The Bertz CT molecular complexity index is 1060. The van der Waals surface area contributed by atoms with Gasteiger partial charge in [0.05, 0.1) is 19.3 Å². The van der Waals surface area contributed by atoms with Crippen molar-refractivity contribution in [3.63, 3.8) is 0 Å². The number of nitrogens with one attached hydrogen (secondary N) is 1. The highest BCUT2D eigenvalue weighted by Crippen LogP contribution is 2.26. The highest BCUT2D eigenvalue weighted by atomic mass is 16.1. The summed E-state index contributed by atoms with van der Waals surface area (Å²) in [5, 5.41) is 7.80. The molecule has 1 N–H and O–H groups in total. The summed E-state index contributed by atoms with van der Waals surface area (Å²) < 4.78 is 3.29. The van der Waals surface area contributed by atoms with Crippen molar-refractivity contribution in [2.24, 2.45) is 5.92 Å². The molecular weight excluding hydrogens is 378 g/mol. The molecule has 158 valence electrons. The Morgan fingerprint density at radius 2 is 1.93 bits per heavy atom. The van der Waals surface area contributed by atoms with Crippen LogP contribution in [0.5, 0.6) is 0 Å². The predicted octanol–water partition coefficient (Wildman–Crippen LogP) is 3.04. The fourth-order valence-electron chi connectivity index (χ4n) is 4.19. The van der Waals surface area contributed by atoms with Gasteiger partial charge in [0.15, 0.2) is 5.65 Å². The number of hydrogen-bond donors (Lipinski definition) is 1. The smallest absolute Gasteiger partial charge is 0.264 e. The lowest BCUT2D eigenvalue weighted by atomic mass is 9.87. The van der Waals surface area contributed by atoms with E-state index in [0.717, 1.165) is 18.4 Å². The minimum absolute atomic E-state index is 0.103. The predicted molar refractivity (Wildman–Crippen MR) is 116 cm³/mol. The molecule has 1 aliphatic carbocycles. The van der Waals surface area contributed by atoms with Crippen LogP contribution in [0, 0.1) is 12.8 Å². The van der Waals surface area contributed by atoms with Gasteiger partial charge in [-0.05, 0) is 31.2 Å². The van der Waals surface area contributed by atoms with Gasteiger partial charge in [-0.2, -0.15) is 5.10 Å². The normalized spacial score (nSPS) is 14.8. The van der Waals surface area contributed by atoms with Gasteiger partial charge < -0.3 is 5.32 Å². The molecule has 0 unspecified atom stereocenters. The Kier molecular flexibility index (Phi) is 6.26. The summed E-state index contributed by atoms with van der Waals surface area (Å²) in [4.78, 5) is 29.5. The molecule has 0 aliphatic heterocycles. The molecule has 4 rings (SSSR count). The fourth-order valence-corrected chi connectivity index (χ4v) is 4.19. The first-order valence-corrected chi connectivity index (χ1v) is 10.8. The molecule has 2 aromatic heterocycles. The number of nitrogens with zero attached hydrogens (tertiary/aromatic N) is 4. The second-order valence-corrected chi connectivity index (χ2v) is 8.33. The van der Waals surface area contributed by atoms with Gasteiger partial charge in [0.2, 0.25) is 5.91 Å². The van der Waals surface area contributed by atoms with E-state index < -0.39 is 0 Å². The third-order valence-electron chi connectivity index (χ3n) is 5.94. The largest absolute Gasteiger partial charge is 0.354 e. The summed E-state index contributed by atoms with van der Waals surface area (Å²) in [6.45, 7) is 3.49. The van der Waals surface area contributed by atoms with Crippen molar-refractivity contribution >= 4 is 16.9 Å². The quantitative estimate of drug-likeness (QED) is 0.653. The number of aromatic nitrogens is 4. The van der Waals surface area contributed by atoms with Gasteiger partial charge in [-0.1, -0.05) is 49.1 Å². The number of hydrogen-bond acceptors (Lipinski definition) is 4. The first kappa shape index (κ1) is 20.3. The molecule has 0 spiro atoms. The molecule has 7 nitrogen and oxygen atoms in total. The maximum atomic E-state index is 12.8. The Hall–Kier alpha value is -2.96. The molecule has 30 heavy (non-hydrogen) atoms. The summed E-state index contributed by atoms with van der Waals surface area (Å²) in [7, 11) is 0. The van der Waals surface area contributed by atoms with E-state index in [1.165, 1.54) is 24.8 Å². The first-order chi connectivity index (χ1) is 14.6. The molecule has 1 aromatic carbocycles.